The molecule has 8 heteroatoms. The smallest absolute Gasteiger partial charge is 0.387 e. The van der Waals surface area contributed by atoms with Crippen molar-refractivity contribution in [2.75, 3.05) is 5.32 Å². The summed E-state index contributed by atoms with van der Waals surface area (Å²) in [6, 6.07) is 13.7. The third kappa shape index (κ3) is 4.85. The van der Waals surface area contributed by atoms with Crippen molar-refractivity contribution in [3.63, 3.8) is 0 Å². The summed E-state index contributed by atoms with van der Waals surface area (Å²) in [5.41, 5.74) is 1.98. The normalized spacial score (nSPS) is 10.8. The van der Waals surface area contributed by atoms with Crippen LogP contribution in [0.25, 0.3) is 0 Å². The molecule has 0 bridgehead atoms. The summed E-state index contributed by atoms with van der Waals surface area (Å²) in [6.45, 7) is 0.802. The Balaban J connectivity index is 1.67. The zero-order valence-electron chi connectivity index (χ0n) is 15.4. The molecule has 3 aromatic rings. The maximum atomic E-state index is 12.6. The van der Waals surface area contributed by atoms with Gasteiger partial charge in [-0.1, -0.05) is 24.3 Å². The molecule has 3 rings (SSSR count). The van der Waals surface area contributed by atoms with Crippen molar-refractivity contribution < 1.29 is 23.0 Å². The zero-order valence-corrected chi connectivity index (χ0v) is 15.4. The number of ether oxygens (including phenoxy) is 2. The van der Waals surface area contributed by atoms with Gasteiger partial charge in [0.1, 0.15) is 11.5 Å². The minimum Gasteiger partial charge on any atom is -0.471 e. The molecule has 1 aromatic heterocycles. The molecule has 28 heavy (non-hydrogen) atoms. The summed E-state index contributed by atoms with van der Waals surface area (Å²) in [5, 5.41) is 6.69. The number of halogens is 2. The van der Waals surface area contributed by atoms with Crippen molar-refractivity contribution in [3.8, 4) is 11.5 Å². The van der Waals surface area contributed by atoms with Crippen LogP contribution in [0.4, 0.5) is 14.5 Å². The number of anilines is 1. The zero-order chi connectivity index (χ0) is 20.1. The fourth-order valence-electron chi connectivity index (χ4n) is 2.52. The molecule has 146 valence electrons. The molecule has 0 aliphatic carbocycles. The summed E-state index contributed by atoms with van der Waals surface area (Å²) in [5.74, 6) is 0.0701. The van der Waals surface area contributed by atoms with Gasteiger partial charge in [0.2, 0.25) is 0 Å². The number of nitrogens with zero attached hydrogens (tertiary/aromatic N) is 2. The van der Waals surface area contributed by atoms with E-state index in [0.717, 1.165) is 16.9 Å². The average molecular weight is 387 g/mol. The van der Waals surface area contributed by atoms with Crippen LogP contribution in [-0.2, 0) is 6.73 Å². The van der Waals surface area contributed by atoms with Gasteiger partial charge in [0.25, 0.3) is 5.91 Å². The minimum absolute atomic E-state index is 0.106. The highest BCUT2D eigenvalue weighted by molar-refractivity contribution is 6.03. The second-order valence-electron chi connectivity index (χ2n) is 6.11. The highest BCUT2D eigenvalue weighted by Crippen LogP contribution is 2.27. The van der Waals surface area contributed by atoms with Crippen LogP contribution in [0, 0.1) is 13.8 Å². The molecule has 2 aromatic carbocycles. The van der Waals surface area contributed by atoms with Crippen LogP contribution in [0.5, 0.6) is 11.5 Å². The predicted molar refractivity (Wildman–Crippen MR) is 99.8 cm³/mol. The molecule has 0 aliphatic rings. The number of hydrogen-bond acceptors (Lipinski definition) is 4. The Morgan fingerprint density at radius 1 is 1.14 bits per heavy atom. The number of amides is 1. The van der Waals surface area contributed by atoms with Crippen molar-refractivity contribution in [2.45, 2.75) is 27.2 Å². The van der Waals surface area contributed by atoms with Crippen LogP contribution in [0.2, 0.25) is 0 Å². The van der Waals surface area contributed by atoms with Gasteiger partial charge in [-0.15, -0.1) is 0 Å². The first kappa shape index (κ1) is 19.3. The molecule has 0 saturated heterocycles. The predicted octanol–water partition coefficient (Wildman–Crippen LogP) is 4.39. The summed E-state index contributed by atoms with van der Waals surface area (Å²) in [6.07, 6.45) is 1.60. The quantitative estimate of drug-likeness (QED) is 0.653. The van der Waals surface area contributed by atoms with Crippen molar-refractivity contribution in [1.82, 2.24) is 9.78 Å². The topological polar surface area (TPSA) is 65.4 Å². The number of aromatic nitrogens is 2. The lowest BCUT2D eigenvalue weighted by Crippen LogP contribution is -2.15. The fraction of sp³-hybridized carbons (Fsp3) is 0.200. The van der Waals surface area contributed by atoms with E-state index in [2.05, 4.69) is 15.2 Å². The van der Waals surface area contributed by atoms with Crippen molar-refractivity contribution in [1.29, 1.82) is 0 Å². The van der Waals surface area contributed by atoms with E-state index in [9.17, 15) is 13.6 Å². The molecule has 1 heterocycles. The molecule has 0 unspecified atom stereocenters. The molecule has 0 aliphatic heterocycles. The van der Waals surface area contributed by atoms with E-state index >= 15 is 0 Å². The number of rotatable bonds is 7. The summed E-state index contributed by atoms with van der Waals surface area (Å²) in [7, 11) is 0. The van der Waals surface area contributed by atoms with Crippen molar-refractivity contribution >= 4 is 11.6 Å². The van der Waals surface area contributed by atoms with Gasteiger partial charge in [-0.05, 0) is 49.2 Å². The molecule has 0 radical (unpaired) electrons. The molecule has 1 N–H and O–H groups in total. The van der Waals surface area contributed by atoms with Gasteiger partial charge >= 0.3 is 6.61 Å². The average Bonchev–Trinajstić information content (AvgIpc) is 3.12. The first-order valence-corrected chi connectivity index (χ1v) is 8.51. The van der Waals surface area contributed by atoms with Gasteiger partial charge in [-0.2, -0.15) is 13.9 Å². The van der Waals surface area contributed by atoms with E-state index in [1.165, 1.54) is 22.9 Å². The Kier molecular flexibility index (Phi) is 5.88. The molecule has 0 atom stereocenters. The van der Waals surface area contributed by atoms with E-state index in [1.54, 1.807) is 19.2 Å². The lowest BCUT2D eigenvalue weighted by atomic mass is 10.2. The summed E-state index contributed by atoms with van der Waals surface area (Å²) in [4.78, 5) is 12.4. The number of nitrogens with one attached hydrogen (secondary N) is 1. The standard InChI is InChI=1S/C20H19F2N3O3/c1-13-7-8-15(18(11-13)28-20(21)22)23-19(26)16-9-10-25(24-16)12-27-17-6-4-3-5-14(17)2/h3-11,20H,12H2,1-2H3,(H,23,26). The van der Waals surface area contributed by atoms with E-state index in [-0.39, 0.29) is 23.9 Å². The van der Waals surface area contributed by atoms with Crippen molar-refractivity contribution in [2.24, 2.45) is 0 Å². The van der Waals surface area contributed by atoms with Gasteiger partial charge in [0.15, 0.2) is 12.4 Å². The Bertz CT molecular complexity index is 973. The second kappa shape index (κ2) is 8.51. The number of aryl methyl sites for hydroxylation is 2. The number of carbonyl (C=O) groups is 1. The van der Waals surface area contributed by atoms with Crippen LogP contribution < -0.4 is 14.8 Å². The lowest BCUT2D eigenvalue weighted by molar-refractivity contribution is -0.0494. The maximum Gasteiger partial charge on any atom is 0.387 e. The molecular formula is C20H19F2N3O3. The Morgan fingerprint density at radius 3 is 2.68 bits per heavy atom. The highest BCUT2D eigenvalue weighted by Gasteiger charge is 2.15. The molecule has 6 nitrogen and oxygen atoms in total. The minimum atomic E-state index is -2.99. The van der Waals surface area contributed by atoms with Gasteiger partial charge in [0.05, 0.1) is 5.69 Å². The van der Waals surface area contributed by atoms with Crippen LogP contribution in [0.15, 0.2) is 54.7 Å². The Labute approximate surface area is 160 Å². The lowest BCUT2D eigenvalue weighted by Gasteiger charge is -2.12. The van der Waals surface area contributed by atoms with Crippen molar-refractivity contribution in [3.05, 3.63) is 71.5 Å². The number of hydrogen-bond donors (Lipinski definition) is 1. The second-order valence-corrected chi connectivity index (χ2v) is 6.11. The van der Waals surface area contributed by atoms with Gasteiger partial charge in [-0.25, -0.2) is 4.68 Å². The third-order valence-corrected chi connectivity index (χ3v) is 3.92. The van der Waals surface area contributed by atoms with Gasteiger partial charge in [0, 0.05) is 6.20 Å². The van der Waals surface area contributed by atoms with Gasteiger partial charge < -0.3 is 14.8 Å². The van der Waals surface area contributed by atoms with Crippen LogP contribution in [0.1, 0.15) is 21.6 Å². The number of carbonyl (C=O) groups excluding carboxylic acids is 1. The highest BCUT2D eigenvalue weighted by atomic mass is 19.3. The van der Waals surface area contributed by atoms with E-state index in [4.69, 9.17) is 4.74 Å². The molecule has 0 fully saturated rings. The van der Waals surface area contributed by atoms with Gasteiger partial charge in [-0.3, -0.25) is 4.79 Å². The SMILES string of the molecule is Cc1ccc(NC(=O)c2ccn(COc3ccccc3C)n2)c(OC(F)F)c1. The largest absolute Gasteiger partial charge is 0.471 e. The third-order valence-electron chi connectivity index (χ3n) is 3.92. The molecule has 0 spiro atoms. The van der Waals surface area contributed by atoms with Crippen LogP contribution in [-0.4, -0.2) is 22.3 Å². The molecule has 1 amide bonds. The summed E-state index contributed by atoms with van der Waals surface area (Å²) >= 11 is 0. The fourth-order valence-corrected chi connectivity index (χ4v) is 2.52. The Morgan fingerprint density at radius 2 is 1.93 bits per heavy atom. The van der Waals surface area contributed by atoms with Crippen LogP contribution in [0.3, 0.4) is 0 Å². The Hall–Kier alpha value is -3.42. The first-order chi connectivity index (χ1) is 13.4. The van der Waals surface area contributed by atoms with E-state index in [1.807, 2.05) is 31.2 Å². The number of alkyl halides is 2. The van der Waals surface area contributed by atoms with E-state index < -0.39 is 12.5 Å². The summed E-state index contributed by atoms with van der Waals surface area (Å²) < 4.78 is 36.8. The molecular weight excluding hydrogens is 368 g/mol. The first-order valence-electron chi connectivity index (χ1n) is 8.51. The van der Waals surface area contributed by atoms with Crippen LogP contribution >= 0.6 is 0 Å². The molecule has 0 saturated carbocycles. The number of para-hydroxylation sites is 1. The van der Waals surface area contributed by atoms with E-state index in [0.29, 0.717) is 0 Å². The monoisotopic (exact) mass is 387 g/mol. The number of benzene rings is 2. The maximum absolute atomic E-state index is 12.6.